The lowest BCUT2D eigenvalue weighted by Crippen LogP contribution is -2.60. The van der Waals surface area contributed by atoms with Gasteiger partial charge in [-0.25, -0.2) is 4.98 Å². The van der Waals surface area contributed by atoms with E-state index in [4.69, 9.17) is 22.2 Å². The van der Waals surface area contributed by atoms with Crippen molar-refractivity contribution in [1.82, 2.24) is 25.0 Å². The minimum absolute atomic E-state index is 0.0167. The zero-order valence-electron chi connectivity index (χ0n) is 32.2. The van der Waals surface area contributed by atoms with Crippen LogP contribution in [0.5, 0.6) is 0 Å². The molecule has 0 unspecified atom stereocenters. The maximum Gasteiger partial charge on any atom is 0.419 e. The number of piperazine rings is 1. The van der Waals surface area contributed by atoms with Crippen molar-refractivity contribution >= 4 is 58.0 Å². The first kappa shape index (κ1) is 43.7. The van der Waals surface area contributed by atoms with Crippen molar-refractivity contribution in [2.75, 3.05) is 54.9 Å². The molecule has 3 saturated heterocycles. The first-order chi connectivity index (χ1) is 27.8. The lowest BCUT2D eigenvalue weighted by Gasteiger charge is -2.42. The molecule has 318 valence electrons. The quantitative estimate of drug-likeness (QED) is 0.166. The van der Waals surface area contributed by atoms with Crippen LogP contribution in [0, 0.1) is 11.3 Å². The van der Waals surface area contributed by atoms with Crippen LogP contribution in [-0.2, 0) is 30.1 Å². The summed E-state index contributed by atoms with van der Waals surface area (Å²) in [5, 5.41) is 17.0. The van der Waals surface area contributed by atoms with Gasteiger partial charge < -0.3 is 20.3 Å². The molecule has 1 saturated carbocycles. The second kappa shape index (κ2) is 17.4. The molecule has 4 fully saturated rings. The van der Waals surface area contributed by atoms with Crippen molar-refractivity contribution in [3.05, 3.63) is 47.8 Å². The number of amides is 4. The molecule has 2 aromatic rings. The number of nitriles is 1. The lowest BCUT2D eigenvalue weighted by atomic mass is 9.89. The number of piperidine rings is 1. The number of hydrogen-bond acceptors (Lipinski definition) is 11. The normalized spacial score (nSPS) is 24.5. The van der Waals surface area contributed by atoms with Gasteiger partial charge in [0.25, 0.3) is 5.91 Å². The zero-order valence-corrected chi connectivity index (χ0v) is 33.0. The largest absolute Gasteiger partial charge is 0.419 e. The fourth-order valence-corrected chi connectivity index (χ4v) is 8.60. The molecule has 14 nitrogen and oxygen atoms in total. The van der Waals surface area contributed by atoms with Crippen molar-refractivity contribution in [3.63, 3.8) is 0 Å². The summed E-state index contributed by atoms with van der Waals surface area (Å²) in [5.74, 6) is -2.00. The van der Waals surface area contributed by atoms with E-state index in [1.165, 1.54) is 6.07 Å². The number of carbonyl (C=O) groups excluding carboxylic acids is 4. The average Bonchev–Trinajstić information content (AvgIpc) is 3.34. The minimum Gasteiger partial charge on any atom is -0.377 e. The second-order valence-electron chi connectivity index (χ2n) is 15.5. The third-order valence-corrected chi connectivity index (χ3v) is 11.4. The molecule has 21 heteroatoms. The van der Waals surface area contributed by atoms with Crippen LogP contribution >= 0.6 is 12.2 Å². The summed E-state index contributed by atoms with van der Waals surface area (Å²) < 4.78 is 90.0. The van der Waals surface area contributed by atoms with E-state index in [2.05, 4.69) is 20.9 Å². The summed E-state index contributed by atoms with van der Waals surface area (Å²) in [6, 6.07) is 5.74. The van der Waals surface area contributed by atoms with Crippen LogP contribution < -0.4 is 20.9 Å². The predicted molar refractivity (Wildman–Crippen MR) is 205 cm³/mol. The van der Waals surface area contributed by atoms with E-state index in [-0.39, 0.29) is 68.1 Å². The first-order valence-electron chi connectivity index (χ1n) is 19.1. The van der Waals surface area contributed by atoms with Gasteiger partial charge >= 0.3 is 12.4 Å². The molecule has 0 spiro atoms. The maximum absolute atomic E-state index is 14.3. The Hall–Kier alpha value is -4.91. The highest BCUT2D eigenvalue weighted by atomic mass is 32.1. The van der Waals surface area contributed by atoms with E-state index in [0.717, 1.165) is 16.0 Å². The zero-order chi connectivity index (χ0) is 42.9. The number of aromatic nitrogens is 1. The van der Waals surface area contributed by atoms with Crippen molar-refractivity contribution in [1.29, 1.82) is 5.26 Å². The number of thiocarbonyl (C=S) groups is 1. The maximum atomic E-state index is 14.3. The summed E-state index contributed by atoms with van der Waals surface area (Å²) in [6.07, 6.45) is -6.05. The van der Waals surface area contributed by atoms with Crippen LogP contribution in [0.3, 0.4) is 0 Å². The van der Waals surface area contributed by atoms with Gasteiger partial charge in [0.1, 0.15) is 23.7 Å². The SMILES string of the molecule is CC1(C)C(=O)N(c2cnc(C#N)c(C(F)(F)F)c2)C(=S)N1C1CCC(OCCN2CCN(CC(=O)Nc3cccc(N[C@H]4CCC(=O)NC4=O)c3)[C@@H](C(F)(F)F)C2)CC1. The predicted octanol–water partition coefficient (Wildman–Crippen LogP) is 4.42. The van der Waals surface area contributed by atoms with E-state index < -0.39 is 65.5 Å². The topological polar surface area (TPSA) is 163 Å². The summed E-state index contributed by atoms with van der Waals surface area (Å²) in [7, 11) is 0. The first-order valence-corrected chi connectivity index (χ1v) is 19.5. The van der Waals surface area contributed by atoms with Gasteiger partial charge in [0, 0.05) is 50.0 Å². The number of anilines is 3. The smallest absolute Gasteiger partial charge is 0.377 e. The standard InChI is InChI=1S/C38H43F6N9O5S/c1-36(2)34(57)52(25-17-27(37(39,40)41)29(18-45)46-19-25)35(59)53(36)24-6-8-26(9-7-24)58-15-14-50-12-13-51(30(20-50)38(42,43)44)21-32(55)48-23-5-3-4-22(16-23)47-28-10-11-31(54)49-33(28)56/h3-5,16-17,19,24,26,28,30,47H,6-15,20-21H2,1-2H3,(H,48,55)(H,49,54,56)/t24?,26?,28-,30+/m0/s1. The van der Waals surface area contributed by atoms with Gasteiger partial charge in [0.15, 0.2) is 10.8 Å². The average molecular weight is 852 g/mol. The van der Waals surface area contributed by atoms with E-state index in [0.29, 0.717) is 49.5 Å². The third kappa shape index (κ3) is 9.94. The summed E-state index contributed by atoms with van der Waals surface area (Å²) >= 11 is 5.65. The Morgan fingerprint density at radius 3 is 2.42 bits per heavy atom. The summed E-state index contributed by atoms with van der Waals surface area (Å²) in [4.78, 5) is 59.2. The Balaban J connectivity index is 0.971. The fraction of sp³-hybridized carbons (Fsp3) is 0.553. The highest BCUT2D eigenvalue weighted by Crippen LogP contribution is 2.40. The van der Waals surface area contributed by atoms with Gasteiger partial charge in [-0.15, -0.1) is 0 Å². The molecule has 4 heterocycles. The third-order valence-electron chi connectivity index (χ3n) is 11.1. The summed E-state index contributed by atoms with van der Waals surface area (Å²) in [5.41, 5.74) is -2.67. The molecule has 3 aliphatic heterocycles. The summed E-state index contributed by atoms with van der Waals surface area (Å²) in [6.45, 7) is 3.06. The monoisotopic (exact) mass is 851 g/mol. The van der Waals surface area contributed by atoms with Crippen LogP contribution in [-0.4, -0.2) is 124 Å². The molecule has 1 aromatic heterocycles. The molecule has 4 amide bonds. The molecule has 1 aromatic carbocycles. The minimum atomic E-state index is -4.88. The van der Waals surface area contributed by atoms with Crippen molar-refractivity contribution in [2.45, 2.75) is 94.5 Å². The van der Waals surface area contributed by atoms with Crippen LogP contribution in [0.2, 0.25) is 0 Å². The van der Waals surface area contributed by atoms with E-state index in [9.17, 15) is 45.5 Å². The van der Waals surface area contributed by atoms with Gasteiger partial charge in [-0.1, -0.05) is 6.07 Å². The molecule has 0 radical (unpaired) electrons. The van der Waals surface area contributed by atoms with Gasteiger partial charge in [-0.3, -0.25) is 39.2 Å². The number of benzene rings is 1. The number of ether oxygens (including phenoxy) is 1. The van der Waals surface area contributed by atoms with Gasteiger partial charge in [0.2, 0.25) is 17.7 Å². The Kier molecular flexibility index (Phi) is 12.8. The number of rotatable bonds is 11. The molecule has 1 aliphatic carbocycles. The Bertz CT molecular complexity index is 2000. The van der Waals surface area contributed by atoms with Gasteiger partial charge in [-0.2, -0.15) is 31.6 Å². The van der Waals surface area contributed by atoms with Crippen molar-refractivity contribution in [2.24, 2.45) is 0 Å². The van der Waals surface area contributed by atoms with Gasteiger partial charge in [0.05, 0.1) is 36.7 Å². The Labute approximate surface area is 341 Å². The lowest BCUT2D eigenvalue weighted by molar-refractivity contribution is -0.197. The van der Waals surface area contributed by atoms with E-state index >= 15 is 0 Å². The number of carbonyl (C=O) groups is 4. The molecule has 6 rings (SSSR count). The number of nitrogens with one attached hydrogen (secondary N) is 3. The number of nitrogens with zero attached hydrogens (tertiary/aromatic N) is 6. The Morgan fingerprint density at radius 2 is 1.76 bits per heavy atom. The van der Waals surface area contributed by atoms with Crippen LogP contribution in [0.1, 0.15) is 63.6 Å². The molecule has 4 aliphatic rings. The van der Waals surface area contributed by atoms with Crippen LogP contribution in [0.15, 0.2) is 36.5 Å². The number of hydrogen-bond donors (Lipinski definition) is 3. The number of pyridine rings is 1. The number of halogens is 6. The molecule has 59 heavy (non-hydrogen) atoms. The molecule has 3 N–H and O–H groups in total. The van der Waals surface area contributed by atoms with Crippen LogP contribution in [0.25, 0.3) is 0 Å². The molecule has 0 bridgehead atoms. The Morgan fingerprint density at radius 1 is 1.05 bits per heavy atom. The van der Waals surface area contributed by atoms with Crippen molar-refractivity contribution < 1.29 is 50.3 Å². The fourth-order valence-electron chi connectivity index (χ4n) is 8.03. The highest BCUT2D eigenvalue weighted by Gasteiger charge is 2.53. The molecule has 2 atom stereocenters. The van der Waals surface area contributed by atoms with Gasteiger partial charge in [-0.05, 0) is 82.4 Å². The number of imide groups is 1. The number of alkyl halides is 6. The van der Waals surface area contributed by atoms with Crippen LogP contribution in [0.4, 0.5) is 43.4 Å². The highest BCUT2D eigenvalue weighted by molar-refractivity contribution is 7.80. The van der Waals surface area contributed by atoms with E-state index in [1.54, 1.807) is 47.9 Å². The van der Waals surface area contributed by atoms with Crippen molar-refractivity contribution in [3.8, 4) is 6.07 Å². The second-order valence-corrected chi connectivity index (χ2v) is 15.8. The molecular formula is C38H43F6N9O5S. The molecular weight excluding hydrogens is 809 g/mol. The van der Waals surface area contributed by atoms with E-state index in [1.807, 2.05) is 0 Å².